The zero-order chi connectivity index (χ0) is 14.4. The van der Waals surface area contributed by atoms with Crippen molar-refractivity contribution in [1.82, 2.24) is 5.32 Å². The molecule has 0 spiro atoms. The molecular weight excluding hydrogens is 270 g/mol. The summed E-state index contributed by atoms with van der Waals surface area (Å²) < 4.78 is 4.89. The van der Waals surface area contributed by atoms with Crippen LogP contribution < -0.4 is 5.32 Å². The summed E-state index contributed by atoms with van der Waals surface area (Å²) in [5.41, 5.74) is 0.795. The van der Waals surface area contributed by atoms with Gasteiger partial charge in [-0.15, -0.1) is 0 Å². The number of carboxylic acid groups (broad SMARTS) is 1. The largest absolute Gasteiger partial charge is 0.479 e. The van der Waals surface area contributed by atoms with Gasteiger partial charge in [0.25, 0.3) is 0 Å². The van der Waals surface area contributed by atoms with Crippen molar-refractivity contribution in [3.63, 3.8) is 0 Å². The Morgan fingerprint density at radius 2 is 2.00 bits per heavy atom. The average Bonchev–Trinajstić information content (AvgIpc) is 2.36. The van der Waals surface area contributed by atoms with Crippen LogP contribution in [0.4, 0.5) is 0 Å². The minimum Gasteiger partial charge on any atom is -0.479 e. The molecule has 0 aromatic heterocycles. The lowest BCUT2D eigenvalue weighted by atomic mass is 10.1. The first-order valence-electron chi connectivity index (χ1n) is 5.80. The number of nitrogens with one attached hydrogen (secondary N) is 1. The predicted octanol–water partition coefficient (Wildman–Crippen LogP) is 2.01. The summed E-state index contributed by atoms with van der Waals surface area (Å²) in [6, 6.07) is 6.91. The summed E-state index contributed by atoms with van der Waals surface area (Å²) >= 11 is 6.01. The van der Waals surface area contributed by atoms with Crippen molar-refractivity contribution >= 4 is 23.5 Å². The van der Waals surface area contributed by atoms with E-state index in [1.807, 2.05) is 12.1 Å². The second-order valence-corrected chi connectivity index (χ2v) is 4.51. The number of aliphatic carboxylic acids is 1. The number of carboxylic acids is 1. The van der Waals surface area contributed by atoms with Gasteiger partial charge in [0, 0.05) is 5.02 Å². The third-order valence-electron chi connectivity index (χ3n) is 2.56. The molecule has 5 nitrogen and oxygen atoms in total. The first-order valence-corrected chi connectivity index (χ1v) is 6.17. The topological polar surface area (TPSA) is 75.6 Å². The van der Waals surface area contributed by atoms with Gasteiger partial charge in [0.15, 0.2) is 6.10 Å². The Morgan fingerprint density at radius 1 is 1.37 bits per heavy atom. The fraction of sp³-hybridized carbons (Fsp3) is 0.385. The van der Waals surface area contributed by atoms with Crippen molar-refractivity contribution < 1.29 is 19.4 Å². The van der Waals surface area contributed by atoms with E-state index in [4.69, 9.17) is 21.4 Å². The SMILES string of the molecule is CC(OCC(=O)NC(C)c1ccccc1Cl)C(=O)O. The molecule has 0 saturated carbocycles. The minimum atomic E-state index is -1.10. The van der Waals surface area contributed by atoms with Gasteiger partial charge < -0.3 is 15.2 Å². The Hall–Kier alpha value is -1.59. The standard InChI is InChI=1S/C13H16ClNO4/c1-8(10-5-3-4-6-11(10)14)15-12(16)7-19-9(2)13(17)18/h3-6,8-9H,7H2,1-2H3,(H,15,16)(H,17,18). The van der Waals surface area contributed by atoms with E-state index in [0.717, 1.165) is 5.56 Å². The van der Waals surface area contributed by atoms with Crippen LogP contribution in [0.2, 0.25) is 5.02 Å². The fourth-order valence-electron chi connectivity index (χ4n) is 1.46. The normalized spacial score (nSPS) is 13.6. The Kier molecular flexibility index (Phi) is 5.79. The third kappa shape index (κ3) is 4.89. The van der Waals surface area contributed by atoms with Gasteiger partial charge in [-0.1, -0.05) is 29.8 Å². The molecule has 2 N–H and O–H groups in total. The number of benzene rings is 1. The highest BCUT2D eigenvalue weighted by atomic mass is 35.5. The van der Waals surface area contributed by atoms with E-state index in [-0.39, 0.29) is 18.6 Å². The molecule has 0 bridgehead atoms. The summed E-state index contributed by atoms with van der Waals surface area (Å²) in [6.45, 7) is 2.86. The molecule has 0 fully saturated rings. The fourth-order valence-corrected chi connectivity index (χ4v) is 1.76. The molecule has 2 atom stereocenters. The van der Waals surface area contributed by atoms with Crippen LogP contribution in [-0.4, -0.2) is 29.7 Å². The number of rotatable bonds is 6. The highest BCUT2D eigenvalue weighted by Crippen LogP contribution is 2.21. The number of hydrogen-bond acceptors (Lipinski definition) is 3. The number of hydrogen-bond donors (Lipinski definition) is 2. The number of carbonyl (C=O) groups is 2. The third-order valence-corrected chi connectivity index (χ3v) is 2.91. The summed E-state index contributed by atoms with van der Waals surface area (Å²) in [5, 5.41) is 11.9. The number of ether oxygens (including phenoxy) is 1. The van der Waals surface area contributed by atoms with E-state index in [2.05, 4.69) is 5.32 Å². The summed E-state index contributed by atoms with van der Waals surface area (Å²) in [7, 11) is 0. The first kappa shape index (κ1) is 15.5. The van der Waals surface area contributed by atoms with Crippen LogP contribution in [0.25, 0.3) is 0 Å². The Morgan fingerprint density at radius 3 is 2.58 bits per heavy atom. The maximum atomic E-state index is 11.6. The number of halogens is 1. The van der Waals surface area contributed by atoms with Gasteiger partial charge in [-0.2, -0.15) is 0 Å². The quantitative estimate of drug-likeness (QED) is 0.838. The second-order valence-electron chi connectivity index (χ2n) is 4.10. The van der Waals surface area contributed by atoms with Gasteiger partial charge >= 0.3 is 5.97 Å². The lowest BCUT2D eigenvalue weighted by Gasteiger charge is -2.16. The van der Waals surface area contributed by atoms with Gasteiger partial charge in [-0.25, -0.2) is 4.79 Å². The van der Waals surface area contributed by atoms with Crippen LogP contribution in [0.15, 0.2) is 24.3 Å². The minimum absolute atomic E-state index is 0.273. The van der Waals surface area contributed by atoms with Crippen molar-refractivity contribution in [2.75, 3.05) is 6.61 Å². The molecule has 0 aliphatic heterocycles. The van der Waals surface area contributed by atoms with Crippen molar-refractivity contribution in [2.45, 2.75) is 26.0 Å². The van der Waals surface area contributed by atoms with Crippen LogP contribution in [0, 0.1) is 0 Å². The van der Waals surface area contributed by atoms with E-state index in [1.165, 1.54) is 6.92 Å². The first-order chi connectivity index (χ1) is 8.91. The molecule has 0 radical (unpaired) electrons. The smallest absolute Gasteiger partial charge is 0.332 e. The van der Waals surface area contributed by atoms with Gasteiger partial charge in [0.2, 0.25) is 5.91 Å². The van der Waals surface area contributed by atoms with E-state index in [9.17, 15) is 9.59 Å². The van der Waals surface area contributed by atoms with Crippen LogP contribution in [0.5, 0.6) is 0 Å². The molecule has 0 aliphatic rings. The maximum Gasteiger partial charge on any atom is 0.332 e. The summed E-state index contributed by atoms with van der Waals surface area (Å²) in [5.74, 6) is -1.49. The highest BCUT2D eigenvalue weighted by Gasteiger charge is 2.15. The molecule has 6 heteroatoms. The lowest BCUT2D eigenvalue weighted by molar-refractivity contribution is -0.150. The van der Waals surface area contributed by atoms with Crippen LogP contribution in [0.3, 0.4) is 0 Å². The molecule has 2 unspecified atom stereocenters. The molecule has 1 amide bonds. The number of carbonyl (C=O) groups excluding carboxylic acids is 1. The Bertz CT molecular complexity index is 464. The lowest BCUT2D eigenvalue weighted by Crippen LogP contribution is -2.33. The van der Waals surface area contributed by atoms with Gasteiger partial charge in [-0.3, -0.25) is 4.79 Å². The van der Waals surface area contributed by atoms with Crippen LogP contribution in [-0.2, 0) is 14.3 Å². The van der Waals surface area contributed by atoms with E-state index in [1.54, 1.807) is 19.1 Å². The molecule has 104 valence electrons. The highest BCUT2D eigenvalue weighted by molar-refractivity contribution is 6.31. The predicted molar refractivity (Wildman–Crippen MR) is 71.1 cm³/mol. The molecule has 1 aromatic carbocycles. The number of amides is 1. The van der Waals surface area contributed by atoms with Crippen molar-refractivity contribution in [2.24, 2.45) is 0 Å². The average molecular weight is 286 g/mol. The Balaban J connectivity index is 2.49. The van der Waals surface area contributed by atoms with Crippen molar-refractivity contribution in [3.05, 3.63) is 34.9 Å². The zero-order valence-electron chi connectivity index (χ0n) is 10.7. The monoisotopic (exact) mass is 285 g/mol. The summed E-state index contributed by atoms with van der Waals surface area (Å²) in [4.78, 5) is 22.1. The van der Waals surface area contributed by atoms with Crippen molar-refractivity contribution in [1.29, 1.82) is 0 Å². The maximum absolute atomic E-state index is 11.6. The summed E-state index contributed by atoms with van der Waals surface area (Å²) in [6.07, 6.45) is -1.01. The van der Waals surface area contributed by atoms with Gasteiger partial charge in [0.05, 0.1) is 6.04 Å². The van der Waals surface area contributed by atoms with Gasteiger partial charge in [0.1, 0.15) is 6.61 Å². The molecule has 1 rings (SSSR count). The van der Waals surface area contributed by atoms with Crippen molar-refractivity contribution in [3.8, 4) is 0 Å². The van der Waals surface area contributed by atoms with E-state index >= 15 is 0 Å². The van der Waals surface area contributed by atoms with E-state index in [0.29, 0.717) is 5.02 Å². The zero-order valence-corrected chi connectivity index (χ0v) is 11.5. The van der Waals surface area contributed by atoms with Crippen LogP contribution >= 0.6 is 11.6 Å². The molecule has 0 heterocycles. The molecule has 0 saturated heterocycles. The Labute approximate surface area is 116 Å². The van der Waals surface area contributed by atoms with Crippen LogP contribution in [0.1, 0.15) is 25.5 Å². The van der Waals surface area contributed by atoms with Gasteiger partial charge in [-0.05, 0) is 25.5 Å². The van der Waals surface area contributed by atoms with E-state index < -0.39 is 12.1 Å². The molecule has 19 heavy (non-hydrogen) atoms. The molecule has 1 aromatic rings. The molecular formula is C13H16ClNO4. The molecule has 0 aliphatic carbocycles. The second kappa shape index (κ2) is 7.11.